The average molecular weight is 416 g/mol. The van der Waals surface area contributed by atoms with E-state index in [2.05, 4.69) is 30.7 Å². The molecule has 2 aliphatic heterocycles. The Hall–Kier alpha value is -3.05. The molecule has 2 aromatic heterocycles. The van der Waals surface area contributed by atoms with E-state index in [-0.39, 0.29) is 23.9 Å². The van der Waals surface area contributed by atoms with Gasteiger partial charge in [-0.2, -0.15) is 4.98 Å². The van der Waals surface area contributed by atoms with Crippen LogP contribution in [0.5, 0.6) is 0 Å². The van der Waals surface area contributed by atoms with Crippen LogP contribution in [0.4, 0.5) is 20.3 Å². The fraction of sp³-hybridized carbons (Fsp3) is 0.333. The number of fused-ring (bicyclic) bond motifs is 4. The number of carbonyl (C=O) groups excluding carboxylic acids is 1. The van der Waals surface area contributed by atoms with E-state index in [1.54, 1.807) is 19.2 Å². The summed E-state index contributed by atoms with van der Waals surface area (Å²) < 4.78 is 24.5. The molecule has 5 rings (SSSR count). The maximum atomic E-state index is 13.2. The van der Waals surface area contributed by atoms with Crippen LogP contribution in [-0.2, 0) is 11.2 Å². The van der Waals surface area contributed by atoms with Crippen molar-refractivity contribution in [3.05, 3.63) is 40.7 Å². The molecule has 2 unspecified atom stereocenters. The Bertz CT molecular complexity index is 1050. The predicted octanol–water partition coefficient (Wildman–Crippen LogP) is 2.59. The molecule has 0 saturated carbocycles. The monoisotopic (exact) mass is 416 g/mol. The van der Waals surface area contributed by atoms with Crippen LogP contribution in [0.25, 0.3) is 11.4 Å². The molecule has 0 radical (unpaired) electrons. The number of ether oxygens (including phenoxy) is 1. The second-order valence-corrected chi connectivity index (χ2v) is 7.79. The van der Waals surface area contributed by atoms with Gasteiger partial charge < -0.3 is 19.5 Å². The van der Waals surface area contributed by atoms with E-state index >= 15 is 0 Å². The minimum absolute atomic E-state index is 0.00211. The number of aromatic nitrogens is 3. The molecule has 0 aliphatic carbocycles. The summed E-state index contributed by atoms with van der Waals surface area (Å²) in [6, 6.07) is 5.90. The van der Waals surface area contributed by atoms with Crippen molar-refractivity contribution in [2.24, 2.45) is 0 Å². The van der Waals surface area contributed by atoms with Crippen molar-refractivity contribution < 1.29 is 18.4 Å². The summed E-state index contributed by atoms with van der Waals surface area (Å²) in [7, 11) is 1.56. The highest BCUT2D eigenvalue weighted by atomic mass is 32.1. The van der Waals surface area contributed by atoms with Crippen LogP contribution >= 0.6 is 11.3 Å². The van der Waals surface area contributed by atoms with Crippen LogP contribution in [0.1, 0.15) is 16.6 Å². The summed E-state index contributed by atoms with van der Waals surface area (Å²) in [5.74, 6) is 0.0788. The zero-order chi connectivity index (χ0) is 20.0. The van der Waals surface area contributed by atoms with Crippen LogP contribution in [0.2, 0.25) is 0 Å². The van der Waals surface area contributed by atoms with Gasteiger partial charge in [-0.15, -0.1) is 0 Å². The van der Waals surface area contributed by atoms with E-state index in [0.717, 1.165) is 10.6 Å². The maximum absolute atomic E-state index is 13.2. The molecule has 2 aliphatic rings. The fourth-order valence-electron chi connectivity index (χ4n) is 3.62. The van der Waals surface area contributed by atoms with E-state index in [0.29, 0.717) is 42.2 Å². The van der Waals surface area contributed by atoms with Crippen LogP contribution in [0, 0.1) is 5.82 Å². The van der Waals surface area contributed by atoms with Crippen LogP contribution < -0.4 is 15.5 Å². The number of rotatable bonds is 3. The highest BCUT2D eigenvalue weighted by Gasteiger charge is 2.43. The number of thiazole rings is 1. The first-order valence-corrected chi connectivity index (χ1v) is 9.88. The minimum atomic E-state index is -0.320. The van der Waals surface area contributed by atoms with Gasteiger partial charge in [-0.1, -0.05) is 16.5 Å². The molecule has 2 N–H and O–H groups in total. The number of urea groups is 1. The van der Waals surface area contributed by atoms with Crippen LogP contribution in [-0.4, -0.2) is 47.5 Å². The molecular formula is C18H17FN6O3S. The predicted molar refractivity (Wildman–Crippen MR) is 103 cm³/mol. The molecule has 11 heteroatoms. The SMILES string of the molecule is CNC(=O)Nc1nc2c(s1)C1COCC(C2)N1c1nc(-c2ccc(F)cc2)no1. The first kappa shape index (κ1) is 18.0. The van der Waals surface area contributed by atoms with Crippen molar-refractivity contribution in [1.29, 1.82) is 0 Å². The van der Waals surface area contributed by atoms with E-state index in [9.17, 15) is 9.18 Å². The number of benzene rings is 1. The van der Waals surface area contributed by atoms with Crippen molar-refractivity contribution in [2.45, 2.75) is 18.5 Å². The molecule has 150 valence electrons. The van der Waals surface area contributed by atoms with Gasteiger partial charge in [0.05, 0.1) is 35.9 Å². The lowest BCUT2D eigenvalue weighted by atomic mass is 9.97. The topological polar surface area (TPSA) is 105 Å². The first-order chi connectivity index (χ1) is 14.1. The van der Waals surface area contributed by atoms with Gasteiger partial charge in [-0.05, 0) is 24.3 Å². The molecule has 2 bridgehead atoms. The van der Waals surface area contributed by atoms with E-state index in [1.807, 2.05) is 0 Å². The summed E-state index contributed by atoms with van der Waals surface area (Å²) in [5.41, 5.74) is 1.63. The van der Waals surface area contributed by atoms with Crippen LogP contribution in [0.3, 0.4) is 0 Å². The molecule has 1 fully saturated rings. The van der Waals surface area contributed by atoms with Crippen molar-refractivity contribution in [3.63, 3.8) is 0 Å². The standard InChI is InChI=1S/C18H17FN6O3S/c1-20-16(26)23-17-21-12-6-11-7-27-8-13(14(12)29-17)25(11)18-22-15(24-28-18)9-2-4-10(19)5-3-9/h2-5,11,13H,6-8H2,1H3,(H2,20,21,23,26). The maximum Gasteiger partial charge on any atom is 0.325 e. The summed E-state index contributed by atoms with van der Waals surface area (Å²) in [5, 5.41) is 9.85. The lowest BCUT2D eigenvalue weighted by molar-refractivity contribution is 0.0570. The third-order valence-electron chi connectivity index (χ3n) is 4.96. The number of morpholine rings is 1. The van der Waals surface area contributed by atoms with Gasteiger partial charge in [-0.25, -0.2) is 14.2 Å². The largest absolute Gasteiger partial charge is 0.377 e. The van der Waals surface area contributed by atoms with Crippen molar-refractivity contribution >= 4 is 28.5 Å². The number of nitrogens with zero attached hydrogens (tertiary/aromatic N) is 4. The van der Waals surface area contributed by atoms with Gasteiger partial charge in [0, 0.05) is 19.0 Å². The number of hydrogen-bond acceptors (Lipinski definition) is 8. The van der Waals surface area contributed by atoms with Crippen molar-refractivity contribution in [2.75, 3.05) is 30.5 Å². The van der Waals surface area contributed by atoms with Crippen molar-refractivity contribution in [3.8, 4) is 11.4 Å². The Morgan fingerprint density at radius 3 is 2.90 bits per heavy atom. The molecule has 0 spiro atoms. The molecule has 2 amide bonds. The Balaban J connectivity index is 1.46. The number of carbonyl (C=O) groups is 1. The molecule has 9 nitrogen and oxygen atoms in total. The Morgan fingerprint density at radius 1 is 1.28 bits per heavy atom. The highest BCUT2D eigenvalue weighted by Crippen LogP contribution is 2.43. The Morgan fingerprint density at radius 2 is 2.10 bits per heavy atom. The lowest BCUT2D eigenvalue weighted by Crippen LogP contribution is -2.51. The van der Waals surface area contributed by atoms with Gasteiger partial charge in [-0.3, -0.25) is 5.32 Å². The quantitative estimate of drug-likeness (QED) is 0.676. The molecule has 29 heavy (non-hydrogen) atoms. The van der Waals surface area contributed by atoms with Gasteiger partial charge in [0.1, 0.15) is 5.82 Å². The lowest BCUT2D eigenvalue weighted by Gasteiger charge is -2.43. The molecular weight excluding hydrogens is 399 g/mol. The van der Waals surface area contributed by atoms with Gasteiger partial charge >= 0.3 is 12.0 Å². The summed E-state index contributed by atoms with van der Waals surface area (Å²) in [6.45, 7) is 0.972. The normalized spacial score (nSPS) is 20.3. The molecule has 1 saturated heterocycles. The molecule has 1 aromatic carbocycles. The fourth-order valence-corrected chi connectivity index (χ4v) is 4.69. The highest BCUT2D eigenvalue weighted by molar-refractivity contribution is 7.16. The zero-order valence-corrected chi connectivity index (χ0v) is 16.2. The van der Waals surface area contributed by atoms with Crippen LogP contribution in [0.15, 0.2) is 28.8 Å². The van der Waals surface area contributed by atoms with E-state index in [1.165, 1.54) is 23.5 Å². The minimum Gasteiger partial charge on any atom is -0.377 e. The molecule has 4 heterocycles. The molecule has 3 aromatic rings. The third kappa shape index (κ3) is 3.21. The summed E-state index contributed by atoms with van der Waals surface area (Å²) >= 11 is 1.41. The first-order valence-electron chi connectivity index (χ1n) is 9.06. The number of nitrogens with one attached hydrogen (secondary N) is 2. The van der Waals surface area contributed by atoms with E-state index in [4.69, 9.17) is 9.26 Å². The van der Waals surface area contributed by atoms with Crippen molar-refractivity contribution in [1.82, 2.24) is 20.4 Å². The molecule has 2 atom stereocenters. The smallest absolute Gasteiger partial charge is 0.325 e. The van der Waals surface area contributed by atoms with Gasteiger partial charge in [0.15, 0.2) is 5.13 Å². The van der Waals surface area contributed by atoms with E-state index < -0.39 is 0 Å². The number of anilines is 2. The summed E-state index contributed by atoms with van der Waals surface area (Å²) in [4.78, 5) is 23.8. The zero-order valence-electron chi connectivity index (χ0n) is 15.4. The van der Waals surface area contributed by atoms with Gasteiger partial charge in [0.25, 0.3) is 0 Å². The Kier molecular flexibility index (Phi) is 4.40. The second kappa shape index (κ2) is 7.08. The second-order valence-electron chi connectivity index (χ2n) is 6.76. The Labute approximate surface area is 168 Å². The van der Waals surface area contributed by atoms with Gasteiger partial charge in [0.2, 0.25) is 5.82 Å². The number of amides is 2. The number of halogens is 1. The summed E-state index contributed by atoms with van der Waals surface area (Å²) in [6.07, 6.45) is 0.645. The third-order valence-corrected chi connectivity index (χ3v) is 6.07. The average Bonchev–Trinajstić information content (AvgIpc) is 3.35. The number of hydrogen-bond donors (Lipinski definition) is 2.